The molecule has 2 N–H and O–H groups in total. The molecule has 2 aliphatic heterocycles. The smallest absolute Gasteiger partial charge is 0.407 e. The molecule has 2 heterocycles. The molecule has 8 nitrogen and oxygen atoms in total. The second-order valence-corrected chi connectivity index (χ2v) is 5.84. The van der Waals surface area contributed by atoms with Crippen molar-refractivity contribution in [3.63, 3.8) is 0 Å². The van der Waals surface area contributed by atoms with Gasteiger partial charge >= 0.3 is 6.09 Å². The predicted molar refractivity (Wildman–Crippen MR) is 85.6 cm³/mol. The van der Waals surface area contributed by atoms with E-state index in [9.17, 15) is 9.90 Å². The van der Waals surface area contributed by atoms with E-state index in [1.165, 1.54) is 7.11 Å². The van der Waals surface area contributed by atoms with Crippen LogP contribution in [-0.4, -0.2) is 62.2 Å². The third-order valence-electron chi connectivity index (χ3n) is 4.23. The lowest BCUT2D eigenvalue weighted by atomic mass is 9.96. The Bertz CT molecular complexity index is 569. The van der Waals surface area contributed by atoms with Crippen molar-refractivity contribution < 1.29 is 33.6 Å². The van der Waals surface area contributed by atoms with Crippen molar-refractivity contribution in [2.45, 2.75) is 43.9 Å². The lowest BCUT2D eigenvalue weighted by molar-refractivity contribution is -0.341. The van der Waals surface area contributed by atoms with Gasteiger partial charge in [-0.15, -0.1) is 0 Å². The molecule has 25 heavy (non-hydrogen) atoms. The van der Waals surface area contributed by atoms with Crippen molar-refractivity contribution in [2.24, 2.45) is 0 Å². The van der Waals surface area contributed by atoms with E-state index in [0.717, 1.165) is 5.56 Å². The summed E-state index contributed by atoms with van der Waals surface area (Å²) in [7, 11) is 1.44. The zero-order valence-electron chi connectivity index (χ0n) is 14.2. The molecule has 8 heteroatoms. The van der Waals surface area contributed by atoms with Crippen LogP contribution < -0.4 is 5.32 Å². The maximum atomic E-state index is 11.7. The topological polar surface area (TPSA) is 95.5 Å². The van der Waals surface area contributed by atoms with E-state index in [4.69, 9.17) is 23.7 Å². The Labute approximate surface area is 146 Å². The van der Waals surface area contributed by atoms with E-state index >= 15 is 0 Å². The molecule has 6 atom stereocenters. The molecule has 3 rings (SSSR count). The van der Waals surface area contributed by atoms with Gasteiger partial charge in [-0.25, -0.2) is 4.79 Å². The van der Waals surface area contributed by atoms with Crippen molar-refractivity contribution in [2.75, 3.05) is 20.3 Å². The van der Waals surface area contributed by atoms with Gasteiger partial charge in [0.2, 0.25) is 0 Å². The van der Waals surface area contributed by atoms with E-state index in [1.54, 1.807) is 6.92 Å². The Kier molecular flexibility index (Phi) is 5.87. The molecule has 0 spiro atoms. The van der Waals surface area contributed by atoms with Gasteiger partial charge in [-0.05, 0) is 6.92 Å². The number of hydrogen-bond donors (Lipinski definition) is 2. The number of benzene rings is 1. The molecule has 2 fully saturated rings. The molecule has 0 aliphatic carbocycles. The molecule has 1 aromatic rings. The number of fused-ring (bicyclic) bond motifs is 1. The molecular formula is C17H23NO7. The highest BCUT2D eigenvalue weighted by atomic mass is 16.7. The highest BCUT2D eigenvalue weighted by Gasteiger charge is 2.50. The minimum Gasteiger partial charge on any atom is -0.450 e. The number of nitrogens with one attached hydrogen (secondary N) is 1. The second-order valence-electron chi connectivity index (χ2n) is 5.84. The van der Waals surface area contributed by atoms with Crippen LogP contribution in [0.1, 0.15) is 18.8 Å². The first-order valence-electron chi connectivity index (χ1n) is 8.25. The fourth-order valence-electron chi connectivity index (χ4n) is 3.04. The van der Waals surface area contributed by atoms with E-state index in [1.807, 2.05) is 30.3 Å². The van der Waals surface area contributed by atoms with Gasteiger partial charge in [0.25, 0.3) is 0 Å². The van der Waals surface area contributed by atoms with Crippen LogP contribution >= 0.6 is 0 Å². The first-order valence-corrected chi connectivity index (χ1v) is 8.25. The molecule has 2 aliphatic rings. The van der Waals surface area contributed by atoms with Crippen molar-refractivity contribution in [3.8, 4) is 0 Å². The second kappa shape index (κ2) is 8.11. The van der Waals surface area contributed by atoms with Gasteiger partial charge in [0.1, 0.15) is 24.4 Å². The van der Waals surface area contributed by atoms with Crippen molar-refractivity contribution in [1.29, 1.82) is 0 Å². The summed E-state index contributed by atoms with van der Waals surface area (Å²) in [5, 5.41) is 13.3. The van der Waals surface area contributed by atoms with Crippen LogP contribution in [0, 0.1) is 0 Å². The molecule has 1 amide bonds. The Morgan fingerprint density at radius 3 is 2.76 bits per heavy atom. The van der Waals surface area contributed by atoms with Gasteiger partial charge in [-0.3, -0.25) is 0 Å². The van der Waals surface area contributed by atoms with Gasteiger partial charge in [-0.2, -0.15) is 0 Å². The number of carbonyl (C=O) groups is 1. The summed E-state index contributed by atoms with van der Waals surface area (Å²) in [4.78, 5) is 11.7. The van der Waals surface area contributed by atoms with Crippen LogP contribution in [0.2, 0.25) is 0 Å². The van der Waals surface area contributed by atoms with E-state index in [0.29, 0.717) is 0 Å². The number of ether oxygens (including phenoxy) is 5. The molecule has 0 bridgehead atoms. The lowest BCUT2D eigenvalue weighted by Crippen LogP contribution is -2.66. The molecule has 0 radical (unpaired) electrons. The number of amides is 1. The zero-order valence-corrected chi connectivity index (χ0v) is 14.2. The van der Waals surface area contributed by atoms with Gasteiger partial charge in [-0.1, -0.05) is 30.3 Å². The van der Waals surface area contributed by atoms with E-state index < -0.39 is 43.0 Å². The Balaban J connectivity index is 1.72. The summed E-state index contributed by atoms with van der Waals surface area (Å²) in [5.41, 5.74) is 0.844. The van der Waals surface area contributed by atoms with Crippen molar-refractivity contribution in [1.82, 2.24) is 5.32 Å². The number of carbonyl (C=O) groups excluding carboxylic acids is 1. The monoisotopic (exact) mass is 353 g/mol. The van der Waals surface area contributed by atoms with Crippen molar-refractivity contribution in [3.05, 3.63) is 35.9 Å². The average Bonchev–Trinajstić information content (AvgIpc) is 2.64. The van der Waals surface area contributed by atoms with Crippen LogP contribution in [-0.2, 0) is 23.7 Å². The third-order valence-corrected chi connectivity index (χ3v) is 4.23. The van der Waals surface area contributed by atoms with Crippen LogP contribution in [0.15, 0.2) is 30.3 Å². The van der Waals surface area contributed by atoms with Gasteiger partial charge < -0.3 is 34.1 Å². The molecule has 1 aromatic carbocycles. The largest absolute Gasteiger partial charge is 0.450 e. The van der Waals surface area contributed by atoms with Gasteiger partial charge in [0.15, 0.2) is 12.6 Å². The third kappa shape index (κ3) is 3.94. The zero-order chi connectivity index (χ0) is 17.8. The fourth-order valence-corrected chi connectivity index (χ4v) is 3.04. The molecule has 138 valence electrons. The first-order chi connectivity index (χ1) is 12.1. The lowest BCUT2D eigenvalue weighted by Gasteiger charge is -2.47. The van der Waals surface area contributed by atoms with Crippen molar-refractivity contribution >= 4 is 6.09 Å². The average molecular weight is 353 g/mol. The number of alkyl carbamates (subject to hydrolysis) is 1. The summed E-state index contributed by atoms with van der Waals surface area (Å²) < 4.78 is 27.5. The number of hydrogen-bond acceptors (Lipinski definition) is 7. The highest BCUT2D eigenvalue weighted by molar-refractivity contribution is 5.67. The standard InChI is InChI=1S/C17H23NO7/c1-3-22-17(20)18-12-13(19)14-11(24-16(12)21-2)9-23-15(25-14)10-7-5-4-6-8-10/h4-8,11-16,19H,3,9H2,1-2H3,(H,18,20). The Morgan fingerprint density at radius 2 is 2.08 bits per heavy atom. The van der Waals surface area contributed by atoms with Crippen LogP contribution in [0.25, 0.3) is 0 Å². The first kappa shape index (κ1) is 18.1. The number of aliphatic hydroxyl groups excluding tert-OH is 1. The van der Waals surface area contributed by atoms with E-state index in [-0.39, 0.29) is 13.2 Å². The summed E-state index contributed by atoms with van der Waals surface area (Å²) in [6.07, 6.45) is -4.30. The van der Waals surface area contributed by atoms with Gasteiger partial charge in [0.05, 0.1) is 13.2 Å². The minimum atomic E-state index is -1.04. The molecule has 2 saturated heterocycles. The SMILES string of the molecule is CCOC(=O)NC1C(OC)OC2COC(c3ccccc3)OC2C1O. The Hall–Kier alpha value is -1.71. The molecule has 0 aromatic heterocycles. The maximum absolute atomic E-state index is 11.7. The number of rotatable bonds is 4. The summed E-state index contributed by atoms with van der Waals surface area (Å²) in [5.74, 6) is 0. The normalized spacial score (nSPS) is 34.8. The molecular weight excluding hydrogens is 330 g/mol. The predicted octanol–water partition coefficient (Wildman–Crippen LogP) is 0.947. The van der Waals surface area contributed by atoms with Crippen LogP contribution in [0.3, 0.4) is 0 Å². The quantitative estimate of drug-likeness (QED) is 0.832. The number of methoxy groups -OCH3 is 1. The molecule has 6 unspecified atom stereocenters. The van der Waals surface area contributed by atoms with E-state index in [2.05, 4.69) is 5.32 Å². The highest BCUT2D eigenvalue weighted by Crippen LogP contribution is 2.34. The Morgan fingerprint density at radius 1 is 1.32 bits per heavy atom. The molecule has 0 saturated carbocycles. The summed E-state index contributed by atoms with van der Waals surface area (Å²) >= 11 is 0. The maximum Gasteiger partial charge on any atom is 0.407 e. The minimum absolute atomic E-state index is 0.222. The van der Waals surface area contributed by atoms with Crippen LogP contribution in [0.5, 0.6) is 0 Å². The fraction of sp³-hybridized carbons (Fsp3) is 0.588. The number of aliphatic hydroxyl groups is 1. The summed E-state index contributed by atoms with van der Waals surface area (Å²) in [6.45, 7) is 2.16. The van der Waals surface area contributed by atoms with Gasteiger partial charge in [0, 0.05) is 12.7 Å². The summed E-state index contributed by atoms with van der Waals surface area (Å²) in [6, 6.07) is 8.61. The van der Waals surface area contributed by atoms with Crippen LogP contribution in [0.4, 0.5) is 4.79 Å².